The van der Waals surface area contributed by atoms with Gasteiger partial charge >= 0.3 is 11.9 Å². The van der Waals surface area contributed by atoms with Crippen LogP contribution in [0.4, 0.5) is 5.69 Å². The minimum atomic E-state index is -1.11. The SMILES string of the molecule is CCOC(=O)C(C)=NNc1ccc(C(=O)O)c(Cl)c1. The molecule has 0 aliphatic rings. The van der Waals surface area contributed by atoms with Gasteiger partial charge in [-0.1, -0.05) is 11.6 Å². The Hall–Kier alpha value is -2.08. The van der Waals surface area contributed by atoms with Crippen LogP contribution < -0.4 is 5.43 Å². The molecule has 0 saturated heterocycles. The van der Waals surface area contributed by atoms with Gasteiger partial charge in [0.05, 0.1) is 22.9 Å². The molecule has 0 unspecified atom stereocenters. The van der Waals surface area contributed by atoms with Crippen LogP contribution in [0.15, 0.2) is 23.3 Å². The Morgan fingerprint density at radius 1 is 1.47 bits per heavy atom. The van der Waals surface area contributed by atoms with E-state index in [4.69, 9.17) is 21.4 Å². The molecule has 0 amide bonds. The second-order valence-electron chi connectivity index (χ2n) is 3.53. The van der Waals surface area contributed by atoms with E-state index in [-0.39, 0.29) is 22.9 Å². The van der Waals surface area contributed by atoms with Crippen molar-refractivity contribution in [2.24, 2.45) is 5.10 Å². The van der Waals surface area contributed by atoms with E-state index >= 15 is 0 Å². The molecule has 2 N–H and O–H groups in total. The molecule has 0 heterocycles. The van der Waals surface area contributed by atoms with Crippen molar-refractivity contribution in [2.45, 2.75) is 13.8 Å². The molecule has 19 heavy (non-hydrogen) atoms. The smallest absolute Gasteiger partial charge is 0.354 e. The van der Waals surface area contributed by atoms with Crippen LogP contribution in [0.5, 0.6) is 0 Å². The largest absolute Gasteiger partial charge is 0.478 e. The van der Waals surface area contributed by atoms with E-state index in [1.165, 1.54) is 25.1 Å². The van der Waals surface area contributed by atoms with E-state index in [1.54, 1.807) is 6.92 Å². The van der Waals surface area contributed by atoms with Gasteiger partial charge in [0.15, 0.2) is 0 Å². The number of halogens is 1. The normalized spacial score (nSPS) is 11.0. The first-order chi connectivity index (χ1) is 8.95. The Morgan fingerprint density at radius 2 is 2.16 bits per heavy atom. The fourth-order valence-corrected chi connectivity index (χ4v) is 1.45. The molecule has 0 aliphatic heterocycles. The number of carboxylic acid groups (broad SMARTS) is 1. The summed E-state index contributed by atoms with van der Waals surface area (Å²) in [6, 6.07) is 4.26. The number of nitrogens with one attached hydrogen (secondary N) is 1. The Kier molecular flexibility index (Phi) is 5.32. The maximum absolute atomic E-state index is 11.3. The molecule has 0 fully saturated rings. The second-order valence-corrected chi connectivity index (χ2v) is 3.94. The number of carbonyl (C=O) groups is 2. The monoisotopic (exact) mass is 284 g/mol. The fraction of sp³-hybridized carbons (Fsp3) is 0.250. The average molecular weight is 285 g/mol. The molecular formula is C12H13ClN2O4. The van der Waals surface area contributed by atoms with Crippen molar-refractivity contribution in [2.75, 3.05) is 12.0 Å². The van der Waals surface area contributed by atoms with Crippen molar-refractivity contribution in [3.63, 3.8) is 0 Å². The van der Waals surface area contributed by atoms with Gasteiger partial charge in [-0.2, -0.15) is 5.10 Å². The summed E-state index contributed by atoms with van der Waals surface area (Å²) in [5.41, 5.74) is 3.22. The molecule has 0 aliphatic carbocycles. The Morgan fingerprint density at radius 3 is 2.68 bits per heavy atom. The summed E-state index contributed by atoms with van der Waals surface area (Å²) < 4.78 is 4.75. The molecule has 0 aromatic heterocycles. The first kappa shape index (κ1) is 15.0. The van der Waals surface area contributed by atoms with Crippen molar-refractivity contribution in [1.82, 2.24) is 0 Å². The predicted octanol–water partition coefficient (Wildman–Crippen LogP) is 2.39. The van der Waals surface area contributed by atoms with Crippen LogP contribution in [-0.4, -0.2) is 29.4 Å². The number of nitrogens with zero attached hydrogens (tertiary/aromatic N) is 1. The number of rotatable bonds is 5. The third-order valence-corrected chi connectivity index (χ3v) is 2.44. The molecular weight excluding hydrogens is 272 g/mol. The summed E-state index contributed by atoms with van der Waals surface area (Å²) in [5, 5.41) is 12.7. The molecule has 0 bridgehead atoms. The van der Waals surface area contributed by atoms with Gasteiger partial charge in [-0.05, 0) is 32.0 Å². The van der Waals surface area contributed by atoms with E-state index < -0.39 is 11.9 Å². The second kappa shape index (κ2) is 6.75. The zero-order valence-electron chi connectivity index (χ0n) is 10.4. The zero-order chi connectivity index (χ0) is 14.4. The van der Waals surface area contributed by atoms with Gasteiger partial charge in [-0.3, -0.25) is 5.43 Å². The fourth-order valence-electron chi connectivity index (χ4n) is 1.19. The van der Waals surface area contributed by atoms with E-state index in [2.05, 4.69) is 10.5 Å². The Bertz CT molecular complexity index is 528. The van der Waals surface area contributed by atoms with Gasteiger partial charge in [0.1, 0.15) is 5.71 Å². The van der Waals surface area contributed by atoms with Crippen LogP contribution in [0.1, 0.15) is 24.2 Å². The molecule has 0 atom stereocenters. The summed E-state index contributed by atoms with van der Waals surface area (Å²) in [5.74, 6) is -1.63. The topological polar surface area (TPSA) is 88.0 Å². The minimum Gasteiger partial charge on any atom is -0.478 e. The summed E-state index contributed by atoms with van der Waals surface area (Å²) >= 11 is 5.79. The van der Waals surface area contributed by atoms with Crippen LogP contribution in [0, 0.1) is 0 Å². The summed E-state index contributed by atoms with van der Waals surface area (Å²) in [6.07, 6.45) is 0. The van der Waals surface area contributed by atoms with Crippen molar-refractivity contribution in [3.05, 3.63) is 28.8 Å². The van der Waals surface area contributed by atoms with E-state index in [9.17, 15) is 9.59 Å². The molecule has 1 aromatic carbocycles. The molecule has 0 spiro atoms. The van der Waals surface area contributed by atoms with Crippen molar-refractivity contribution in [3.8, 4) is 0 Å². The highest BCUT2D eigenvalue weighted by molar-refractivity contribution is 6.35. The van der Waals surface area contributed by atoms with Crippen molar-refractivity contribution in [1.29, 1.82) is 0 Å². The number of carbonyl (C=O) groups excluding carboxylic acids is 1. The van der Waals surface area contributed by atoms with Gasteiger partial charge in [-0.25, -0.2) is 9.59 Å². The molecule has 1 aromatic rings. The summed E-state index contributed by atoms with van der Waals surface area (Å²) in [4.78, 5) is 22.0. The lowest BCUT2D eigenvalue weighted by molar-refractivity contribution is -0.135. The number of hydrogen-bond donors (Lipinski definition) is 2. The maximum Gasteiger partial charge on any atom is 0.354 e. The van der Waals surface area contributed by atoms with Gasteiger partial charge in [0.2, 0.25) is 0 Å². The minimum absolute atomic E-state index is 0.00156. The van der Waals surface area contributed by atoms with Crippen molar-refractivity contribution >= 4 is 34.9 Å². The Balaban J connectivity index is 2.79. The quantitative estimate of drug-likeness (QED) is 0.492. The summed E-state index contributed by atoms with van der Waals surface area (Å²) in [7, 11) is 0. The van der Waals surface area contributed by atoms with Crippen molar-refractivity contribution < 1.29 is 19.4 Å². The first-order valence-electron chi connectivity index (χ1n) is 5.46. The number of ether oxygens (including phenoxy) is 1. The average Bonchev–Trinajstić information content (AvgIpc) is 2.35. The van der Waals surface area contributed by atoms with Crippen LogP contribution in [0.2, 0.25) is 5.02 Å². The highest BCUT2D eigenvalue weighted by Crippen LogP contribution is 2.20. The van der Waals surface area contributed by atoms with Crippen LogP contribution >= 0.6 is 11.6 Å². The van der Waals surface area contributed by atoms with E-state index in [0.717, 1.165) is 0 Å². The Labute approximate surface area is 115 Å². The lowest BCUT2D eigenvalue weighted by Gasteiger charge is -2.05. The number of esters is 1. The van der Waals surface area contributed by atoms with Crippen LogP contribution in [-0.2, 0) is 9.53 Å². The molecule has 0 saturated carbocycles. The van der Waals surface area contributed by atoms with Crippen LogP contribution in [0.25, 0.3) is 0 Å². The maximum atomic E-state index is 11.3. The number of hydrazone groups is 1. The van der Waals surface area contributed by atoms with Gasteiger partial charge in [0, 0.05) is 0 Å². The van der Waals surface area contributed by atoms with Gasteiger partial charge in [-0.15, -0.1) is 0 Å². The molecule has 7 heteroatoms. The van der Waals surface area contributed by atoms with Crippen LogP contribution in [0.3, 0.4) is 0 Å². The van der Waals surface area contributed by atoms with Gasteiger partial charge < -0.3 is 9.84 Å². The number of anilines is 1. The first-order valence-corrected chi connectivity index (χ1v) is 5.83. The highest BCUT2D eigenvalue weighted by Gasteiger charge is 2.09. The number of carboxylic acids is 1. The third kappa shape index (κ3) is 4.26. The molecule has 102 valence electrons. The van der Waals surface area contributed by atoms with Gasteiger partial charge in [0.25, 0.3) is 0 Å². The predicted molar refractivity (Wildman–Crippen MR) is 71.8 cm³/mol. The number of benzene rings is 1. The molecule has 0 radical (unpaired) electrons. The molecule has 6 nitrogen and oxygen atoms in total. The standard InChI is InChI=1S/C12H13ClN2O4/c1-3-19-12(18)7(2)14-15-8-4-5-9(11(16)17)10(13)6-8/h4-6,15H,3H2,1-2H3,(H,16,17). The number of aromatic carboxylic acids is 1. The summed E-state index contributed by atoms with van der Waals surface area (Å²) in [6.45, 7) is 3.46. The lowest BCUT2D eigenvalue weighted by Crippen LogP contribution is -2.15. The zero-order valence-corrected chi connectivity index (χ0v) is 11.2. The molecule has 1 rings (SSSR count). The number of hydrogen-bond acceptors (Lipinski definition) is 5. The van der Waals surface area contributed by atoms with E-state index in [0.29, 0.717) is 5.69 Å². The third-order valence-electron chi connectivity index (χ3n) is 2.12. The highest BCUT2D eigenvalue weighted by atomic mass is 35.5. The lowest BCUT2D eigenvalue weighted by atomic mass is 10.2. The van der Waals surface area contributed by atoms with E-state index in [1.807, 2.05) is 0 Å².